The van der Waals surface area contributed by atoms with Crippen LogP contribution in [0.2, 0.25) is 0 Å². The van der Waals surface area contributed by atoms with E-state index in [2.05, 4.69) is 13.8 Å². The van der Waals surface area contributed by atoms with Gasteiger partial charge in [-0.3, -0.25) is 4.79 Å². The van der Waals surface area contributed by atoms with Gasteiger partial charge in [-0.15, -0.1) is 0 Å². The summed E-state index contributed by atoms with van der Waals surface area (Å²) in [6.45, 7) is 7.73. The van der Waals surface area contributed by atoms with E-state index in [0.29, 0.717) is 24.5 Å². The summed E-state index contributed by atoms with van der Waals surface area (Å²) in [7, 11) is -3.04. The first-order valence-electron chi connectivity index (χ1n) is 6.88. The minimum Gasteiger partial charge on any atom is -0.299 e. The third kappa shape index (κ3) is 1.75. The SMILES string of the molecule is CC(C)S(=O)(=O)CC[C@@]12CC[C@@H](CC1=O)C2(C)C. The molecule has 2 rings (SSSR count). The van der Waals surface area contributed by atoms with Gasteiger partial charge in [0.2, 0.25) is 0 Å². The molecule has 2 saturated carbocycles. The number of fused-ring (bicyclic) bond motifs is 2. The number of carbonyl (C=O) groups is 1. The first-order valence-corrected chi connectivity index (χ1v) is 8.60. The summed E-state index contributed by atoms with van der Waals surface area (Å²) in [5.41, 5.74) is -0.379. The van der Waals surface area contributed by atoms with E-state index in [1.165, 1.54) is 0 Å². The lowest BCUT2D eigenvalue weighted by Gasteiger charge is -2.36. The van der Waals surface area contributed by atoms with Crippen molar-refractivity contribution in [1.29, 1.82) is 0 Å². The van der Waals surface area contributed by atoms with Gasteiger partial charge < -0.3 is 0 Å². The number of ketones is 1. The summed E-state index contributed by atoms with van der Waals surface area (Å²) in [5.74, 6) is 0.932. The topological polar surface area (TPSA) is 51.2 Å². The van der Waals surface area contributed by atoms with Crippen molar-refractivity contribution in [1.82, 2.24) is 0 Å². The average molecular weight is 272 g/mol. The Morgan fingerprint density at radius 2 is 1.94 bits per heavy atom. The van der Waals surface area contributed by atoms with Crippen LogP contribution >= 0.6 is 0 Å². The Morgan fingerprint density at radius 1 is 1.33 bits per heavy atom. The van der Waals surface area contributed by atoms with Crippen LogP contribution < -0.4 is 0 Å². The fraction of sp³-hybridized carbons (Fsp3) is 0.929. The van der Waals surface area contributed by atoms with Gasteiger partial charge in [-0.2, -0.15) is 0 Å². The zero-order valence-corrected chi connectivity index (χ0v) is 12.6. The van der Waals surface area contributed by atoms with Gasteiger partial charge in [0.15, 0.2) is 9.84 Å². The van der Waals surface area contributed by atoms with Crippen molar-refractivity contribution in [3.8, 4) is 0 Å². The van der Waals surface area contributed by atoms with Crippen molar-refractivity contribution in [2.45, 2.75) is 58.6 Å². The molecule has 2 bridgehead atoms. The smallest absolute Gasteiger partial charge is 0.152 e. The summed E-state index contributed by atoms with van der Waals surface area (Å²) in [5, 5.41) is -0.342. The maximum atomic E-state index is 12.3. The van der Waals surface area contributed by atoms with E-state index in [4.69, 9.17) is 0 Å². The number of rotatable bonds is 4. The van der Waals surface area contributed by atoms with Crippen molar-refractivity contribution in [2.75, 3.05) is 5.75 Å². The van der Waals surface area contributed by atoms with Crippen molar-refractivity contribution in [3.63, 3.8) is 0 Å². The fourth-order valence-corrected chi connectivity index (χ4v) is 5.01. The fourth-order valence-electron chi connectivity index (χ4n) is 3.91. The molecule has 0 heterocycles. The summed E-state index contributed by atoms with van der Waals surface area (Å²) in [6, 6.07) is 0. The standard InChI is InChI=1S/C14H24O3S/c1-10(2)18(16,17)8-7-14-6-5-11(9-12(14)15)13(14,3)4/h10-11H,5-9H2,1-4H3/t11-,14-/m0/s1. The van der Waals surface area contributed by atoms with E-state index < -0.39 is 9.84 Å². The molecule has 2 aliphatic carbocycles. The quantitative estimate of drug-likeness (QED) is 0.790. The van der Waals surface area contributed by atoms with Gasteiger partial charge in [0, 0.05) is 11.8 Å². The predicted molar refractivity (Wildman–Crippen MR) is 72.1 cm³/mol. The van der Waals surface area contributed by atoms with Crippen LogP contribution in [-0.4, -0.2) is 25.2 Å². The minimum absolute atomic E-state index is 0.0173. The largest absolute Gasteiger partial charge is 0.299 e. The molecule has 4 heteroatoms. The minimum atomic E-state index is -3.04. The number of Topliss-reactive ketones (excluding diaryl/α,β-unsaturated/α-hetero) is 1. The highest BCUT2D eigenvalue weighted by Gasteiger charge is 2.63. The average Bonchev–Trinajstić information content (AvgIpc) is 2.60. The van der Waals surface area contributed by atoms with Crippen LogP contribution in [0.1, 0.15) is 53.4 Å². The molecule has 0 spiro atoms. The third-order valence-corrected chi connectivity index (χ3v) is 7.88. The summed E-state index contributed by atoms with van der Waals surface area (Å²) >= 11 is 0. The highest BCUT2D eigenvalue weighted by atomic mass is 32.2. The van der Waals surface area contributed by atoms with Crippen LogP contribution in [-0.2, 0) is 14.6 Å². The molecular formula is C14H24O3S. The third-order valence-electron chi connectivity index (χ3n) is 5.67. The van der Waals surface area contributed by atoms with Gasteiger partial charge in [-0.1, -0.05) is 13.8 Å². The number of carbonyl (C=O) groups excluding carboxylic acids is 1. The van der Waals surface area contributed by atoms with Crippen molar-refractivity contribution in [3.05, 3.63) is 0 Å². The van der Waals surface area contributed by atoms with Crippen molar-refractivity contribution >= 4 is 15.6 Å². The summed E-state index contributed by atoms with van der Waals surface area (Å²) in [4.78, 5) is 12.3. The van der Waals surface area contributed by atoms with Gasteiger partial charge in [-0.25, -0.2) is 8.42 Å². The van der Waals surface area contributed by atoms with E-state index in [9.17, 15) is 13.2 Å². The van der Waals surface area contributed by atoms with E-state index in [0.717, 1.165) is 12.8 Å². The first kappa shape index (κ1) is 14.0. The van der Waals surface area contributed by atoms with Crippen LogP contribution in [0.15, 0.2) is 0 Å². The molecule has 2 aliphatic rings. The zero-order chi connectivity index (χ0) is 13.8. The Bertz CT molecular complexity index is 461. The normalized spacial score (nSPS) is 34.5. The predicted octanol–water partition coefficient (Wildman–Crippen LogP) is 2.60. The van der Waals surface area contributed by atoms with E-state index >= 15 is 0 Å². The van der Waals surface area contributed by atoms with Crippen LogP contribution in [0.5, 0.6) is 0 Å². The number of hydrogen-bond donors (Lipinski definition) is 0. The molecule has 2 atom stereocenters. The lowest BCUT2D eigenvalue weighted by molar-refractivity contribution is -0.129. The van der Waals surface area contributed by atoms with Gasteiger partial charge in [0.1, 0.15) is 5.78 Å². The highest BCUT2D eigenvalue weighted by Crippen LogP contribution is 2.65. The molecule has 0 aromatic rings. The molecule has 0 saturated heterocycles. The van der Waals surface area contributed by atoms with Gasteiger partial charge >= 0.3 is 0 Å². The van der Waals surface area contributed by atoms with Gasteiger partial charge in [0.25, 0.3) is 0 Å². The summed E-state index contributed by atoms with van der Waals surface area (Å²) in [6.07, 6.45) is 3.15. The lowest BCUT2D eigenvalue weighted by atomic mass is 9.67. The first-order chi connectivity index (χ1) is 8.13. The second-order valence-electron chi connectivity index (χ2n) is 6.83. The van der Waals surface area contributed by atoms with Crippen molar-refractivity contribution < 1.29 is 13.2 Å². The van der Waals surface area contributed by atoms with E-state index in [-0.39, 0.29) is 21.8 Å². The molecule has 2 fully saturated rings. The van der Waals surface area contributed by atoms with E-state index in [1.807, 2.05) is 0 Å². The molecule has 0 N–H and O–H groups in total. The molecule has 0 aromatic heterocycles. The molecule has 18 heavy (non-hydrogen) atoms. The molecule has 0 amide bonds. The second kappa shape index (κ2) is 4.06. The monoisotopic (exact) mass is 272 g/mol. The van der Waals surface area contributed by atoms with Gasteiger partial charge in [0.05, 0.1) is 11.0 Å². The molecule has 0 unspecified atom stereocenters. The van der Waals surface area contributed by atoms with Gasteiger partial charge in [-0.05, 0) is 44.4 Å². The van der Waals surface area contributed by atoms with Crippen LogP contribution in [0.25, 0.3) is 0 Å². The molecule has 0 radical (unpaired) electrons. The van der Waals surface area contributed by atoms with Crippen LogP contribution in [0, 0.1) is 16.7 Å². The zero-order valence-electron chi connectivity index (χ0n) is 11.8. The number of sulfone groups is 1. The Hall–Kier alpha value is -0.380. The maximum absolute atomic E-state index is 12.3. The van der Waals surface area contributed by atoms with Crippen molar-refractivity contribution in [2.24, 2.45) is 16.7 Å². The Labute approximate surface area is 110 Å². The molecule has 0 aliphatic heterocycles. The lowest BCUT2D eigenvalue weighted by Crippen LogP contribution is -2.38. The Morgan fingerprint density at radius 3 is 2.33 bits per heavy atom. The molecule has 0 aromatic carbocycles. The highest BCUT2D eigenvalue weighted by molar-refractivity contribution is 7.91. The molecular weight excluding hydrogens is 248 g/mol. The molecule has 104 valence electrons. The second-order valence-corrected chi connectivity index (χ2v) is 9.51. The van der Waals surface area contributed by atoms with E-state index in [1.54, 1.807) is 13.8 Å². The molecule has 3 nitrogen and oxygen atoms in total. The summed E-state index contributed by atoms with van der Waals surface area (Å²) < 4.78 is 23.9. The maximum Gasteiger partial charge on any atom is 0.152 e. The Kier molecular flexibility index (Phi) is 3.16. The number of hydrogen-bond acceptors (Lipinski definition) is 3. The van der Waals surface area contributed by atoms with Crippen LogP contribution in [0.3, 0.4) is 0 Å². The Balaban J connectivity index is 2.20. The van der Waals surface area contributed by atoms with Crippen LogP contribution in [0.4, 0.5) is 0 Å².